The minimum Gasteiger partial charge on any atom is -0.449 e. The first-order valence-corrected chi connectivity index (χ1v) is 8.05. The maximum Gasteiger partial charge on any atom is 0.421 e. The van der Waals surface area contributed by atoms with Gasteiger partial charge in [0.2, 0.25) is 0 Å². The van der Waals surface area contributed by atoms with Gasteiger partial charge in [0, 0.05) is 15.6 Å². The summed E-state index contributed by atoms with van der Waals surface area (Å²) >= 11 is 11.9. The van der Waals surface area contributed by atoms with Crippen LogP contribution >= 0.6 is 23.2 Å². The summed E-state index contributed by atoms with van der Waals surface area (Å²) in [5.74, 6) is -0.444. The van der Waals surface area contributed by atoms with Crippen LogP contribution in [0.3, 0.4) is 0 Å². The molecule has 1 aliphatic rings. The van der Waals surface area contributed by atoms with Crippen molar-refractivity contribution in [1.29, 1.82) is 0 Å². The predicted molar refractivity (Wildman–Crippen MR) is 95.3 cm³/mol. The van der Waals surface area contributed by atoms with Gasteiger partial charge in [-0.25, -0.2) is 9.69 Å². The zero-order valence-corrected chi connectivity index (χ0v) is 14.3. The van der Waals surface area contributed by atoms with E-state index in [-0.39, 0.29) is 6.61 Å². The smallest absolute Gasteiger partial charge is 0.421 e. The number of hydrogen-bond acceptors (Lipinski definition) is 3. The number of carbonyl (C=O) groups excluding carboxylic acids is 2. The van der Waals surface area contributed by atoms with E-state index >= 15 is 0 Å². The number of anilines is 1. The van der Waals surface area contributed by atoms with Gasteiger partial charge in [0.1, 0.15) is 0 Å². The number of halogens is 2. The van der Waals surface area contributed by atoms with Gasteiger partial charge in [-0.2, -0.15) is 0 Å². The van der Waals surface area contributed by atoms with Crippen molar-refractivity contribution in [2.75, 3.05) is 11.5 Å². The molecular formula is C18H13Cl2NO3. The molecule has 0 aliphatic carbocycles. The molecule has 0 radical (unpaired) electrons. The fourth-order valence-corrected chi connectivity index (χ4v) is 2.79. The van der Waals surface area contributed by atoms with Crippen LogP contribution in [0.15, 0.2) is 42.5 Å². The lowest BCUT2D eigenvalue weighted by Gasteiger charge is -2.14. The predicted octanol–water partition coefficient (Wildman–Crippen LogP) is 5.04. The Hall–Kier alpha value is -2.30. The second kappa shape index (κ2) is 6.67. The van der Waals surface area contributed by atoms with Crippen molar-refractivity contribution in [1.82, 2.24) is 0 Å². The average Bonchev–Trinajstić information content (AvgIpc) is 2.81. The number of ether oxygens (including phenoxy) is 1. The molecule has 2 aromatic rings. The van der Waals surface area contributed by atoms with Gasteiger partial charge in [-0.05, 0) is 42.8 Å². The van der Waals surface area contributed by atoms with Gasteiger partial charge in [-0.15, -0.1) is 0 Å². The lowest BCUT2D eigenvalue weighted by molar-refractivity contribution is -0.112. The van der Waals surface area contributed by atoms with E-state index in [1.807, 2.05) is 0 Å². The van der Waals surface area contributed by atoms with Crippen molar-refractivity contribution in [3.05, 3.63) is 63.6 Å². The molecule has 0 atom stereocenters. The van der Waals surface area contributed by atoms with Crippen molar-refractivity contribution in [2.45, 2.75) is 6.92 Å². The van der Waals surface area contributed by atoms with Crippen LogP contribution in [-0.4, -0.2) is 18.6 Å². The van der Waals surface area contributed by atoms with Crippen LogP contribution in [0.25, 0.3) is 11.6 Å². The Bertz CT molecular complexity index is 844. The summed E-state index contributed by atoms with van der Waals surface area (Å²) in [5.41, 5.74) is 2.25. The van der Waals surface area contributed by atoms with E-state index < -0.39 is 12.0 Å². The lowest BCUT2D eigenvalue weighted by atomic mass is 10.0. The molecule has 0 aromatic heterocycles. The van der Waals surface area contributed by atoms with Gasteiger partial charge in [-0.3, -0.25) is 4.79 Å². The fourth-order valence-electron chi connectivity index (χ4n) is 2.50. The van der Waals surface area contributed by atoms with Crippen LogP contribution in [0.1, 0.15) is 18.1 Å². The van der Waals surface area contributed by atoms with Crippen molar-refractivity contribution < 1.29 is 14.3 Å². The molecule has 0 N–H and O–H groups in total. The average molecular weight is 362 g/mol. The third kappa shape index (κ3) is 3.03. The van der Waals surface area contributed by atoms with Gasteiger partial charge in [-0.1, -0.05) is 41.4 Å². The van der Waals surface area contributed by atoms with E-state index in [1.54, 1.807) is 55.5 Å². The largest absolute Gasteiger partial charge is 0.449 e. The number of carbonyl (C=O) groups is 2. The molecule has 1 aliphatic heterocycles. The highest BCUT2D eigenvalue weighted by molar-refractivity contribution is 6.42. The summed E-state index contributed by atoms with van der Waals surface area (Å²) in [6.45, 7) is 1.86. The quantitative estimate of drug-likeness (QED) is 0.704. The highest BCUT2D eigenvalue weighted by atomic mass is 35.5. The first kappa shape index (κ1) is 16.6. The maximum atomic E-state index is 12.7. The number of fused-ring (bicyclic) bond motifs is 1. The first-order valence-electron chi connectivity index (χ1n) is 7.29. The molecule has 2 aromatic carbocycles. The third-order valence-electron chi connectivity index (χ3n) is 3.56. The SMILES string of the molecule is CCOC(=O)N1C(=O)C(=Cc2ccc(Cl)cc2)c2ccc(Cl)cc21. The second-order valence-corrected chi connectivity index (χ2v) is 5.98. The zero-order chi connectivity index (χ0) is 17.3. The van der Waals surface area contributed by atoms with Crippen molar-refractivity contribution in [2.24, 2.45) is 0 Å². The number of amides is 2. The summed E-state index contributed by atoms with van der Waals surface area (Å²) in [7, 11) is 0. The molecule has 24 heavy (non-hydrogen) atoms. The van der Waals surface area contributed by atoms with Crippen LogP contribution in [-0.2, 0) is 9.53 Å². The Balaban J connectivity index is 2.10. The lowest BCUT2D eigenvalue weighted by Crippen LogP contribution is -2.34. The molecule has 2 amide bonds. The van der Waals surface area contributed by atoms with Crippen molar-refractivity contribution >= 4 is 52.5 Å². The van der Waals surface area contributed by atoms with Gasteiger partial charge < -0.3 is 4.74 Å². The molecule has 1 heterocycles. The number of benzene rings is 2. The number of imide groups is 1. The van der Waals surface area contributed by atoms with Crippen molar-refractivity contribution in [3.63, 3.8) is 0 Å². The molecule has 4 nitrogen and oxygen atoms in total. The summed E-state index contributed by atoms with van der Waals surface area (Å²) in [4.78, 5) is 25.9. The molecule has 122 valence electrons. The molecule has 0 unspecified atom stereocenters. The number of nitrogens with zero attached hydrogens (tertiary/aromatic N) is 1. The second-order valence-electron chi connectivity index (χ2n) is 5.11. The van der Waals surface area contributed by atoms with Gasteiger partial charge >= 0.3 is 6.09 Å². The molecule has 0 saturated heterocycles. The van der Waals surface area contributed by atoms with Crippen LogP contribution in [0.2, 0.25) is 10.0 Å². The highest BCUT2D eigenvalue weighted by Gasteiger charge is 2.37. The standard InChI is InChI=1S/C18H13Cl2NO3/c1-2-24-18(23)21-16-10-13(20)7-8-14(16)15(17(21)22)9-11-3-5-12(19)6-4-11/h3-10H,2H2,1H3. The normalized spacial score (nSPS) is 14.9. The van der Waals surface area contributed by atoms with Crippen LogP contribution in [0.5, 0.6) is 0 Å². The molecule has 6 heteroatoms. The minimum atomic E-state index is -0.717. The Labute approximate surface area is 149 Å². The molecule has 3 rings (SSSR count). The van der Waals surface area contributed by atoms with E-state index in [2.05, 4.69) is 0 Å². The van der Waals surface area contributed by atoms with E-state index in [9.17, 15) is 9.59 Å². The first-order chi connectivity index (χ1) is 11.5. The Morgan fingerprint density at radius 3 is 2.46 bits per heavy atom. The highest BCUT2D eigenvalue weighted by Crippen LogP contribution is 2.39. The summed E-state index contributed by atoms with van der Waals surface area (Å²) in [6, 6.07) is 12.0. The molecule has 0 bridgehead atoms. The summed E-state index contributed by atoms with van der Waals surface area (Å²) in [6.07, 6.45) is 0.996. The summed E-state index contributed by atoms with van der Waals surface area (Å²) < 4.78 is 4.99. The maximum absolute atomic E-state index is 12.7. The number of hydrogen-bond donors (Lipinski definition) is 0. The fraction of sp³-hybridized carbons (Fsp3) is 0.111. The van der Waals surface area contributed by atoms with E-state index in [0.717, 1.165) is 10.5 Å². The van der Waals surface area contributed by atoms with Crippen LogP contribution in [0.4, 0.5) is 10.5 Å². The monoisotopic (exact) mass is 361 g/mol. The zero-order valence-electron chi connectivity index (χ0n) is 12.8. The Morgan fingerprint density at radius 2 is 1.79 bits per heavy atom. The number of rotatable bonds is 2. The van der Waals surface area contributed by atoms with E-state index in [4.69, 9.17) is 27.9 Å². The minimum absolute atomic E-state index is 0.175. The Kier molecular flexibility index (Phi) is 4.60. The molecular weight excluding hydrogens is 349 g/mol. The van der Waals surface area contributed by atoms with Gasteiger partial charge in [0.25, 0.3) is 5.91 Å². The summed E-state index contributed by atoms with van der Waals surface area (Å²) in [5, 5.41) is 1.04. The molecule has 0 fully saturated rings. The van der Waals surface area contributed by atoms with Crippen molar-refractivity contribution in [3.8, 4) is 0 Å². The van der Waals surface area contributed by atoms with Crippen LogP contribution < -0.4 is 4.90 Å². The van der Waals surface area contributed by atoms with Gasteiger partial charge in [0.05, 0.1) is 17.9 Å². The molecule has 0 saturated carbocycles. The van der Waals surface area contributed by atoms with Gasteiger partial charge in [0.15, 0.2) is 0 Å². The van der Waals surface area contributed by atoms with Crippen LogP contribution in [0, 0.1) is 0 Å². The third-order valence-corrected chi connectivity index (χ3v) is 4.04. The van der Waals surface area contributed by atoms with E-state index in [1.165, 1.54) is 0 Å². The van der Waals surface area contributed by atoms with E-state index in [0.29, 0.717) is 26.9 Å². The topological polar surface area (TPSA) is 46.6 Å². The Morgan fingerprint density at radius 1 is 1.12 bits per heavy atom. The molecule has 0 spiro atoms.